The van der Waals surface area contributed by atoms with E-state index in [4.69, 9.17) is 27.2 Å². The minimum absolute atomic E-state index is 0.0351. The average Bonchev–Trinajstić information content (AvgIpc) is 2.82. The van der Waals surface area contributed by atoms with Crippen molar-refractivity contribution < 1.29 is 17.9 Å². The van der Waals surface area contributed by atoms with E-state index in [0.717, 1.165) is 5.56 Å². The maximum atomic E-state index is 12.5. The first kappa shape index (κ1) is 27.1. The predicted molar refractivity (Wildman–Crippen MR) is 142 cm³/mol. The van der Waals surface area contributed by atoms with Gasteiger partial charge in [-0.05, 0) is 49.1 Å². The smallest absolute Gasteiger partial charge is 0.408 e. The van der Waals surface area contributed by atoms with Crippen molar-refractivity contribution in [1.29, 1.82) is 10.8 Å². The molecule has 0 aliphatic carbocycles. The first-order valence-electron chi connectivity index (χ1n) is 11.2. The lowest BCUT2D eigenvalue weighted by molar-refractivity contribution is 0.107. The number of amides is 1. The summed E-state index contributed by atoms with van der Waals surface area (Å²) in [7, 11) is -3.35. The Kier molecular flexibility index (Phi) is 8.66. The van der Waals surface area contributed by atoms with Crippen LogP contribution in [0.2, 0.25) is 5.02 Å². The van der Waals surface area contributed by atoms with Gasteiger partial charge in [-0.1, -0.05) is 72.3 Å². The molecule has 2 atom stereocenters. The monoisotopic (exact) mass is 525 g/mol. The molecule has 9 heteroatoms. The van der Waals surface area contributed by atoms with Gasteiger partial charge in [-0.2, -0.15) is 0 Å². The lowest BCUT2D eigenvalue weighted by atomic mass is 9.97. The van der Waals surface area contributed by atoms with Crippen LogP contribution in [0.1, 0.15) is 42.2 Å². The van der Waals surface area contributed by atoms with Crippen molar-refractivity contribution in [1.82, 2.24) is 5.32 Å². The van der Waals surface area contributed by atoms with Gasteiger partial charge in [0.2, 0.25) is 0 Å². The number of carbonyl (C=O) groups excluding carboxylic acids is 1. The molecule has 0 saturated carbocycles. The number of nitrogens with one attached hydrogen (secondary N) is 3. The Morgan fingerprint density at radius 1 is 1.00 bits per heavy atom. The van der Waals surface area contributed by atoms with E-state index >= 15 is 0 Å². The zero-order chi connectivity index (χ0) is 26.5. The Balaban J connectivity index is 1.71. The number of carbonyl (C=O) groups is 1. The molecular weight excluding hydrogens is 498 g/mol. The van der Waals surface area contributed by atoms with Gasteiger partial charge in [0.15, 0.2) is 9.84 Å². The van der Waals surface area contributed by atoms with Gasteiger partial charge in [0.25, 0.3) is 0 Å². The van der Waals surface area contributed by atoms with E-state index in [1.165, 1.54) is 13.2 Å². The molecule has 7 nitrogen and oxygen atoms in total. The van der Waals surface area contributed by atoms with Crippen LogP contribution < -0.4 is 5.32 Å². The number of sulfone groups is 1. The third-order valence-electron chi connectivity index (χ3n) is 5.64. The molecule has 0 saturated heterocycles. The highest BCUT2D eigenvalue weighted by Gasteiger charge is 2.23. The summed E-state index contributed by atoms with van der Waals surface area (Å²) in [6.45, 7) is 3.20. The van der Waals surface area contributed by atoms with Gasteiger partial charge in [0.05, 0.1) is 10.6 Å². The molecular formula is C27H28ClN3O4S. The van der Waals surface area contributed by atoms with Gasteiger partial charge < -0.3 is 20.9 Å². The third kappa shape index (κ3) is 6.80. The van der Waals surface area contributed by atoms with Gasteiger partial charge in [-0.25, -0.2) is 13.2 Å². The van der Waals surface area contributed by atoms with Crippen molar-refractivity contribution in [2.75, 3.05) is 6.26 Å². The summed E-state index contributed by atoms with van der Waals surface area (Å²) in [4.78, 5) is 12.8. The van der Waals surface area contributed by atoms with Crippen molar-refractivity contribution in [3.05, 3.63) is 100 Å². The summed E-state index contributed by atoms with van der Waals surface area (Å²) in [6.07, 6.45) is 0.212. The Morgan fingerprint density at radius 2 is 1.61 bits per heavy atom. The van der Waals surface area contributed by atoms with Crippen LogP contribution in [0.5, 0.6) is 0 Å². The molecule has 188 valence electrons. The summed E-state index contributed by atoms with van der Waals surface area (Å²) in [5.41, 5.74) is 2.84. The standard InChI is InChI=1S/C27H28ClN3O4S/c1-17(29)26(31-27(32)35-18(2)22-9-5-6-10-23(22)28)25(30)20-14-12-19(13-15-20)16-21-8-4-7-11-24(21)36(3,33)34/h4-15,18,26,29-30H,16H2,1-3H3,(H,31,32). The fourth-order valence-electron chi connectivity index (χ4n) is 3.78. The molecule has 0 radical (unpaired) electrons. The van der Waals surface area contributed by atoms with Gasteiger partial charge in [-0.15, -0.1) is 0 Å². The van der Waals surface area contributed by atoms with Crippen LogP contribution in [0.25, 0.3) is 0 Å². The number of hydrogen-bond acceptors (Lipinski definition) is 6. The first-order valence-corrected chi connectivity index (χ1v) is 13.5. The summed E-state index contributed by atoms with van der Waals surface area (Å²) in [5.74, 6) is 0. The summed E-state index contributed by atoms with van der Waals surface area (Å²) in [5, 5.41) is 19.7. The van der Waals surface area contributed by atoms with Crippen molar-refractivity contribution in [3.8, 4) is 0 Å². The molecule has 0 heterocycles. The van der Waals surface area contributed by atoms with Crippen molar-refractivity contribution in [3.63, 3.8) is 0 Å². The highest BCUT2D eigenvalue weighted by molar-refractivity contribution is 7.90. The van der Waals surface area contributed by atoms with Crippen LogP contribution in [-0.2, 0) is 21.0 Å². The van der Waals surface area contributed by atoms with E-state index in [9.17, 15) is 13.2 Å². The minimum atomic E-state index is -3.35. The third-order valence-corrected chi connectivity index (χ3v) is 7.18. The summed E-state index contributed by atoms with van der Waals surface area (Å²) in [6, 6.07) is 20.0. The second-order valence-corrected chi connectivity index (χ2v) is 10.9. The van der Waals surface area contributed by atoms with Crippen LogP contribution in [0.4, 0.5) is 4.79 Å². The van der Waals surface area contributed by atoms with E-state index < -0.39 is 28.1 Å². The van der Waals surface area contributed by atoms with Crippen LogP contribution in [0, 0.1) is 10.8 Å². The predicted octanol–water partition coefficient (Wildman–Crippen LogP) is 5.60. The van der Waals surface area contributed by atoms with Gasteiger partial charge >= 0.3 is 6.09 Å². The number of ether oxygens (including phenoxy) is 1. The molecule has 36 heavy (non-hydrogen) atoms. The summed E-state index contributed by atoms with van der Waals surface area (Å²) >= 11 is 6.17. The molecule has 0 aliphatic rings. The van der Waals surface area contributed by atoms with E-state index in [2.05, 4.69) is 5.32 Å². The lowest BCUT2D eigenvalue weighted by Gasteiger charge is -2.21. The normalized spacial score (nSPS) is 12.9. The van der Waals surface area contributed by atoms with E-state index in [1.807, 2.05) is 0 Å². The van der Waals surface area contributed by atoms with Crippen LogP contribution in [-0.4, -0.2) is 38.2 Å². The fourth-order valence-corrected chi connectivity index (χ4v) is 5.01. The Bertz CT molecular complexity index is 1390. The zero-order valence-electron chi connectivity index (χ0n) is 20.2. The molecule has 2 unspecified atom stereocenters. The highest BCUT2D eigenvalue weighted by atomic mass is 35.5. The molecule has 3 aromatic rings. The number of halogens is 1. The Hall–Kier alpha value is -3.49. The molecule has 0 aromatic heterocycles. The maximum Gasteiger partial charge on any atom is 0.408 e. The number of rotatable bonds is 9. The Labute approximate surface area is 216 Å². The molecule has 3 aromatic carbocycles. The Morgan fingerprint density at radius 3 is 2.22 bits per heavy atom. The molecule has 0 aliphatic heterocycles. The maximum absolute atomic E-state index is 12.5. The zero-order valence-corrected chi connectivity index (χ0v) is 21.8. The summed E-state index contributed by atoms with van der Waals surface area (Å²) < 4.78 is 29.6. The number of benzene rings is 3. The quantitative estimate of drug-likeness (QED) is 0.315. The highest BCUT2D eigenvalue weighted by Crippen LogP contribution is 2.25. The fraction of sp³-hybridized carbons (Fsp3) is 0.222. The molecule has 3 rings (SSSR count). The topological polar surface area (TPSA) is 120 Å². The van der Waals surface area contributed by atoms with E-state index in [1.54, 1.807) is 79.7 Å². The van der Waals surface area contributed by atoms with Gasteiger partial charge in [0.1, 0.15) is 12.1 Å². The second-order valence-electron chi connectivity index (χ2n) is 8.50. The van der Waals surface area contributed by atoms with Crippen molar-refractivity contribution >= 4 is 39.0 Å². The number of hydrogen-bond donors (Lipinski definition) is 3. The van der Waals surface area contributed by atoms with Gasteiger partial charge in [-0.3, -0.25) is 0 Å². The lowest BCUT2D eigenvalue weighted by Crippen LogP contribution is -2.45. The van der Waals surface area contributed by atoms with Crippen LogP contribution >= 0.6 is 11.6 Å². The largest absolute Gasteiger partial charge is 0.442 e. The van der Waals surface area contributed by atoms with E-state index in [-0.39, 0.29) is 16.3 Å². The molecule has 0 bridgehead atoms. The van der Waals surface area contributed by atoms with E-state index in [0.29, 0.717) is 28.1 Å². The average molecular weight is 526 g/mol. The molecule has 1 amide bonds. The number of alkyl carbamates (subject to hydrolysis) is 1. The van der Waals surface area contributed by atoms with Crippen LogP contribution in [0.15, 0.2) is 77.7 Å². The van der Waals surface area contributed by atoms with Crippen molar-refractivity contribution in [2.45, 2.75) is 37.3 Å². The van der Waals surface area contributed by atoms with Crippen LogP contribution in [0.3, 0.4) is 0 Å². The second kappa shape index (κ2) is 11.5. The van der Waals surface area contributed by atoms with Crippen molar-refractivity contribution in [2.24, 2.45) is 0 Å². The first-order chi connectivity index (χ1) is 17.0. The minimum Gasteiger partial charge on any atom is -0.442 e. The molecule has 3 N–H and O–H groups in total. The SMILES string of the molecule is CC(=N)C(NC(=O)OC(C)c1ccccc1Cl)C(=N)c1ccc(Cc2ccccc2S(C)(=O)=O)cc1. The van der Waals surface area contributed by atoms with Gasteiger partial charge in [0, 0.05) is 22.6 Å². The molecule has 0 fully saturated rings. The molecule has 0 spiro atoms.